The van der Waals surface area contributed by atoms with Gasteiger partial charge in [0, 0.05) is 5.56 Å². The highest BCUT2D eigenvalue weighted by Crippen LogP contribution is 2.33. The monoisotopic (exact) mass is 203 g/mol. The van der Waals surface area contributed by atoms with Crippen molar-refractivity contribution in [2.24, 2.45) is 0 Å². The fraction of sp³-hybridized carbons (Fsp3) is 0.333. The van der Waals surface area contributed by atoms with Crippen molar-refractivity contribution in [2.75, 3.05) is 0 Å². The Hall–Kier alpha value is -1.02. The zero-order chi connectivity index (χ0) is 10.1. The van der Waals surface area contributed by atoms with Gasteiger partial charge in [-0.1, -0.05) is 24.3 Å². The minimum Gasteiger partial charge on any atom is -0.542 e. The predicted octanol–water partition coefficient (Wildman–Crippen LogP) is 3.24. The number of fused-ring (bicyclic) bond motifs is 1. The second-order valence-electron chi connectivity index (χ2n) is 3.95. The molecule has 0 amide bonds. The molecule has 1 nitrogen and oxygen atoms in total. The van der Waals surface area contributed by atoms with Crippen molar-refractivity contribution >= 4 is 14.8 Å². The molecule has 0 atom stereocenters. The van der Waals surface area contributed by atoms with E-state index in [1.165, 1.54) is 16.7 Å². The summed E-state index contributed by atoms with van der Waals surface area (Å²) >= 11 is 0. The third-order valence-corrected chi connectivity index (χ3v) is 3.02. The van der Waals surface area contributed by atoms with Gasteiger partial charge in [-0.2, -0.15) is 0 Å². The number of benzene rings is 1. The fourth-order valence-electron chi connectivity index (χ4n) is 1.84. The lowest BCUT2D eigenvalue weighted by molar-refractivity contribution is 0.534. The van der Waals surface area contributed by atoms with E-state index >= 15 is 0 Å². The van der Waals surface area contributed by atoms with E-state index in [9.17, 15) is 0 Å². The van der Waals surface area contributed by atoms with Gasteiger partial charge in [0.15, 0.2) is 0 Å². The fourth-order valence-corrected chi connectivity index (χ4v) is 2.53. The van der Waals surface area contributed by atoms with Crippen LogP contribution in [0.3, 0.4) is 0 Å². The summed E-state index contributed by atoms with van der Waals surface area (Å²) in [5, 5.41) is 0. The molecule has 0 saturated heterocycles. The largest absolute Gasteiger partial charge is 0.542 e. The molecular weight excluding hydrogens is 188 g/mol. The zero-order valence-electron chi connectivity index (χ0n) is 8.92. The number of hydrogen-bond donors (Lipinski definition) is 0. The Morgan fingerprint density at radius 2 is 1.93 bits per heavy atom. The van der Waals surface area contributed by atoms with Crippen molar-refractivity contribution < 1.29 is 4.43 Å². The second-order valence-corrected chi connectivity index (χ2v) is 5.97. The first-order chi connectivity index (χ1) is 6.68. The molecule has 1 radical (unpaired) electrons. The number of allylic oxidation sites excluding steroid dienone is 1. The molecule has 1 aliphatic carbocycles. The molecule has 73 valence electrons. The summed E-state index contributed by atoms with van der Waals surface area (Å²) in [5.41, 5.74) is 4.08. The van der Waals surface area contributed by atoms with Gasteiger partial charge in [0.05, 0.1) is 0 Å². The lowest BCUT2D eigenvalue weighted by atomic mass is 10.1. The third-order valence-electron chi connectivity index (χ3n) is 2.41. The van der Waals surface area contributed by atoms with Gasteiger partial charge in [0.1, 0.15) is 5.76 Å². The summed E-state index contributed by atoms with van der Waals surface area (Å²) in [4.78, 5) is 0. The standard InChI is InChI=1S/C12H15OSi/c1-9-8-10-6-4-5-7-11(10)12(9)13-14(2)3/h4-7H,8H2,1-3H3. The van der Waals surface area contributed by atoms with E-state index in [2.05, 4.69) is 44.3 Å². The third kappa shape index (κ3) is 1.62. The maximum Gasteiger partial charge on any atom is 0.274 e. The van der Waals surface area contributed by atoms with Gasteiger partial charge in [-0.3, -0.25) is 0 Å². The highest BCUT2D eigenvalue weighted by molar-refractivity contribution is 6.49. The van der Waals surface area contributed by atoms with Crippen LogP contribution in [0.5, 0.6) is 0 Å². The van der Waals surface area contributed by atoms with Gasteiger partial charge in [0.2, 0.25) is 0 Å². The Labute approximate surface area is 87.1 Å². The molecule has 2 rings (SSSR count). The summed E-state index contributed by atoms with van der Waals surface area (Å²) in [6.45, 7) is 6.51. The van der Waals surface area contributed by atoms with Crippen LogP contribution >= 0.6 is 0 Å². The second kappa shape index (κ2) is 3.62. The molecule has 0 saturated carbocycles. The molecule has 1 aromatic rings. The zero-order valence-corrected chi connectivity index (χ0v) is 9.92. The molecule has 0 fully saturated rings. The quantitative estimate of drug-likeness (QED) is 0.670. The molecule has 1 aliphatic rings. The normalized spacial score (nSPS) is 14.9. The van der Waals surface area contributed by atoms with Crippen LogP contribution in [0.4, 0.5) is 0 Å². The predicted molar refractivity (Wildman–Crippen MR) is 61.3 cm³/mol. The first-order valence-electron chi connectivity index (χ1n) is 4.94. The van der Waals surface area contributed by atoms with Crippen molar-refractivity contribution in [3.05, 3.63) is 41.0 Å². The van der Waals surface area contributed by atoms with Gasteiger partial charge in [-0.05, 0) is 37.6 Å². The van der Waals surface area contributed by atoms with E-state index in [4.69, 9.17) is 4.43 Å². The lowest BCUT2D eigenvalue weighted by Crippen LogP contribution is -2.06. The average Bonchev–Trinajstić information content (AvgIpc) is 2.43. The topological polar surface area (TPSA) is 9.23 Å². The summed E-state index contributed by atoms with van der Waals surface area (Å²) < 4.78 is 5.93. The van der Waals surface area contributed by atoms with Crippen LogP contribution < -0.4 is 0 Å². The van der Waals surface area contributed by atoms with Crippen LogP contribution in [0, 0.1) is 0 Å². The Bertz CT molecular complexity index is 380. The highest BCUT2D eigenvalue weighted by atomic mass is 28.3. The Morgan fingerprint density at radius 3 is 2.64 bits per heavy atom. The molecule has 0 heterocycles. The number of rotatable bonds is 2. The van der Waals surface area contributed by atoms with Crippen molar-refractivity contribution in [3.8, 4) is 0 Å². The van der Waals surface area contributed by atoms with Crippen LogP contribution in [0.1, 0.15) is 18.1 Å². The van der Waals surface area contributed by atoms with Gasteiger partial charge < -0.3 is 4.43 Å². The molecular formula is C12H15OSi. The SMILES string of the molecule is CC1=C(O[Si](C)C)c2ccccc2C1. The van der Waals surface area contributed by atoms with E-state index in [0.717, 1.165) is 12.2 Å². The summed E-state index contributed by atoms with van der Waals surface area (Å²) in [5.74, 6) is 1.14. The van der Waals surface area contributed by atoms with E-state index in [-0.39, 0.29) is 0 Å². The van der Waals surface area contributed by atoms with E-state index in [1.807, 2.05) is 0 Å². The van der Waals surface area contributed by atoms with E-state index < -0.39 is 9.04 Å². The van der Waals surface area contributed by atoms with Crippen LogP contribution in [0.2, 0.25) is 13.1 Å². The molecule has 0 N–H and O–H groups in total. The molecule has 14 heavy (non-hydrogen) atoms. The minimum absolute atomic E-state index is 0.650. The van der Waals surface area contributed by atoms with Gasteiger partial charge in [0.25, 0.3) is 9.04 Å². The number of hydrogen-bond acceptors (Lipinski definition) is 1. The molecule has 0 bridgehead atoms. The van der Waals surface area contributed by atoms with E-state index in [1.54, 1.807) is 0 Å². The van der Waals surface area contributed by atoms with Crippen LogP contribution in [-0.2, 0) is 10.8 Å². The minimum atomic E-state index is -0.650. The van der Waals surface area contributed by atoms with Gasteiger partial charge in [-0.15, -0.1) is 0 Å². The first-order valence-corrected chi connectivity index (χ1v) is 7.35. The van der Waals surface area contributed by atoms with Gasteiger partial charge >= 0.3 is 0 Å². The Balaban J connectivity index is 2.36. The average molecular weight is 203 g/mol. The first kappa shape index (κ1) is 9.53. The molecule has 0 unspecified atom stereocenters. The van der Waals surface area contributed by atoms with E-state index in [0.29, 0.717) is 0 Å². The molecule has 2 heteroatoms. The smallest absolute Gasteiger partial charge is 0.274 e. The van der Waals surface area contributed by atoms with Crippen molar-refractivity contribution in [2.45, 2.75) is 26.4 Å². The Morgan fingerprint density at radius 1 is 1.21 bits per heavy atom. The summed E-state index contributed by atoms with van der Waals surface area (Å²) in [7, 11) is -0.650. The highest BCUT2D eigenvalue weighted by Gasteiger charge is 2.20. The maximum atomic E-state index is 5.93. The Kier molecular flexibility index (Phi) is 2.46. The molecule has 0 aromatic heterocycles. The van der Waals surface area contributed by atoms with Gasteiger partial charge in [-0.25, -0.2) is 0 Å². The van der Waals surface area contributed by atoms with Crippen molar-refractivity contribution in [1.82, 2.24) is 0 Å². The summed E-state index contributed by atoms with van der Waals surface area (Å²) in [6.07, 6.45) is 1.06. The van der Waals surface area contributed by atoms with Crippen LogP contribution in [0.25, 0.3) is 5.76 Å². The molecule has 1 aromatic carbocycles. The van der Waals surface area contributed by atoms with Crippen LogP contribution in [0.15, 0.2) is 29.8 Å². The van der Waals surface area contributed by atoms with Crippen molar-refractivity contribution in [1.29, 1.82) is 0 Å². The maximum absolute atomic E-state index is 5.93. The van der Waals surface area contributed by atoms with Crippen LogP contribution in [-0.4, -0.2) is 9.04 Å². The summed E-state index contributed by atoms with van der Waals surface area (Å²) in [6, 6.07) is 8.52. The van der Waals surface area contributed by atoms with Crippen molar-refractivity contribution in [3.63, 3.8) is 0 Å². The molecule has 0 aliphatic heterocycles. The molecule has 0 spiro atoms. The lowest BCUT2D eigenvalue weighted by Gasteiger charge is -2.12.